The summed E-state index contributed by atoms with van der Waals surface area (Å²) in [4.78, 5) is 4.46. The van der Waals surface area contributed by atoms with Gasteiger partial charge < -0.3 is 10.5 Å². The van der Waals surface area contributed by atoms with E-state index < -0.39 is 0 Å². The Morgan fingerprint density at radius 2 is 1.96 bits per heavy atom. The predicted octanol–water partition coefficient (Wildman–Crippen LogP) is 5.40. The van der Waals surface area contributed by atoms with Crippen LogP contribution in [0.1, 0.15) is 44.2 Å². The summed E-state index contributed by atoms with van der Waals surface area (Å²) >= 11 is 0. The summed E-state index contributed by atoms with van der Waals surface area (Å²) in [5.74, 6) is 0.466. The molecule has 3 nitrogen and oxygen atoms in total. The summed E-state index contributed by atoms with van der Waals surface area (Å²) in [6.07, 6.45) is 5.21. The lowest BCUT2D eigenvalue weighted by Crippen LogP contribution is -2.33. The lowest BCUT2D eigenvalue weighted by atomic mass is 9.72. The summed E-state index contributed by atoms with van der Waals surface area (Å²) in [6, 6.07) is 15.1. The number of pyridine rings is 1. The van der Waals surface area contributed by atoms with E-state index in [0.29, 0.717) is 5.75 Å². The molecule has 0 amide bonds. The Morgan fingerprint density at radius 3 is 2.71 bits per heavy atom. The number of hydrogen-bond acceptors (Lipinski definition) is 3. The van der Waals surface area contributed by atoms with E-state index in [1.807, 2.05) is 24.4 Å². The van der Waals surface area contributed by atoms with Crippen molar-refractivity contribution >= 4 is 10.9 Å². The number of aryl methyl sites for hydroxylation is 1. The maximum Gasteiger partial charge on any atom is 0.123 e. The fourth-order valence-electron chi connectivity index (χ4n) is 4.01. The monoisotopic (exact) mass is 380 g/mol. The van der Waals surface area contributed by atoms with Crippen LogP contribution in [0, 0.1) is 5.82 Å². The molecule has 0 aliphatic carbocycles. The number of aromatic nitrogens is 1. The highest BCUT2D eigenvalue weighted by molar-refractivity contribution is 5.81. The summed E-state index contributed by atoms with van der Waals surface area (Å²) in [5.41, 5.74) is 9.17. The van der Waals surface area contributed by atoms with E-state index in [-0.39, 0.29) is 17.3 Å². The first-order valence-corrected chi connectivity index (χ1v) is 9.89. The van der Waals surface area contributed by atoms with Crippen LogP contribution in [0.25, 0.3) is 10.9 Å². The van der Waals surface area contributed by atoms with Gasteiger partial charge in [0.2, 0.25) is 0 Å². The van der Waals surface area contributed by atoms with Crippen molar-refractivity contribution in [2.75, 3.05) is 7.11 Å². The highest BCUT2D eigenvalue weighted by atomic mass is 19.1. The molecule has 148 valence electrons. The van der Waals surface area contributed by atoms with Gasteiger partial charge in [-0.05, 0) is 67.0 Å². The van der Waals surface area contributed by atoms with Gasteiger partial charge in [-0.3, -0.25) is 4.98 Å². The van der Waals surface area contributed by atoms with E-state index in [4.69, 9.17) is 10.5 Å². The molecule has 2 aromatic carbocycles. The van der Waals surface area contributed by atoms with Gasteiger partial charge in [0, 0.05) is 23.2 Å². The molecule has 4 heteroatoms. The van der Waals surface area contributed by atoms with Crippen LogP contribution < -0.4 is 10.5 Å². The third kappa shape index (κ3) is 4.33. The molecule has 2 N–H and O–H groups in total. The Balaban J connectivity index is 1.97. The lowest BCUT2D eigenvalue weighted by molar-refractivity contribution is 0.333. The van der Waals surface area contributed by atoms with Crippen LogP contribution in [0.5, 0.6) is 5.75 Å². The van der Waals surface area contributed by atoms with Crippen LogP contribution in [-0.2, 0) is 11.8 Å². The van der Waals surface area contributed by atoms with Gasteiger partial charge in [-0.1, -0.05) is 32.0 Å². The SMILES string of the molecule is CCC(N)CC(C)(CCc1ccnc2ccccc12)c1cc(F)ccc1OC. The normalized spacial score (nSPS) is 14.6. The molecule has 0 radical (unpaired) electrons. The molecule has 0 aliphatic rings. The minimum absolute atomic E-state index is 0.0483. The Morgan fingerprint density at radius 1 is 1.18 bits per heavy atom. The Hall–Kier alpha value is -2.46. The lowest BCUT2D eigenvalue weighted by Gasteiger charge is -2.34. The largest absolute Gasteiger partial charge is 0.496 e. The van der Waals surface area contributed by atoms with E-state index in [2.05, 4.69) is 31.0 Å². The molecule has 0 fully saturated rings. The fraction of sp³-hybridized carbons (Fsp3) is 0.375. The number of hydrogen-bond donors (Lipinski definition) is 1. The number of benzene rings is 2. The van der Waals surface area contributed by atoms with Crippen molar-refractivity contribution in [1.29, 1.82) is 0 Å². The molecular weight excluding hydrogens is 351 g/mol. The van der Waals surface area contributed by atoms with Crippen molar-refractivity contribution in [2.24, 2.45) is 5.73 Å². The maximum atomic E-state index is 14.1. The van der Waals surface area contributed by atoms with Crippen molar-refractivity contribution in [1.82, 2.24) is 4.98 Å². The van der Waals surface area contributed by atoms with Crippen molar-refractivity contribution < 1.29 is 9.13 Å². The molecule has 0 bridgehead atoms. The van der Waals surface area contributed by atoms with Crippen LogP contribution in [0.15, 0.2) is 54.7 Å². The third-order valence-electron chi connectivity index (χ3n) is 5.73. The second-order valence-corrected chi connectivity index (χ2v) is 7.76. The topological polar surface area (TPSA) is 48.1 Å². The number of nitrogens with two attached hydrogens (primary N) is 1. The summed E-state index contributed by atoms with van der Waals surface area (Å²) in [6.45, 7) is 4.26. The molecule has 3 aromatic rings. The van der Waals surface area contributed by atoms with Crippen LogP contribution >= 0.6 is 0 Å². The second-order valence-electron chi connectivity index (χ2n) is 7.76. The highest BCUT2D eigenvalue weighted by Gasteiger charge is 2.32. The van der Waals surface area contributed by atoms with E-state index in [0.717, 1.165) is 36.8 Å². The molecular formula is C24H29FN2O. The predicted molar refractivity (Wildman–Crippen MR) is 113 cm³/mol. The first-order chi connectivity index (χ1) is 13.5. The van der Waals surface area contributed by atoms with Gasteiger partial charge >= 0.3 is 0 Å². The van der Waals surface area contributed by atoms with Crippen molar-refractivity contribution in [2.45, 2.75) is 51.0 Å². The van der Waals surface area contributed by atoms with Gasteiger partial charge in [-0.25, -0.2) is 4.39 Å². The number of halogens is 1. The third-order valence-corrected chi connectivity index (χ3v) is 5.73. The standard InChI is InChI=1S/C24H29FN2O/c1-4-19(26)16-24(2,21-15-18(25)9-10-23(21)28-3)13-11-17-12-14-27-22-8-6-5-7-20(17)22/h5-10,12,14-15,19H,4,11,13,16,26H2,1-3H3. The smallest absolute Gasteiger partial charge is 0.123 e. The molecule has 2 unspecified atom stereocenters. The molecule has 0 aliphatic heterocycles. The highest BCUT2D eigenvalue weighted by Crippen LogP contribution is 2.40. The number of ether oxygens (including phenoxy) is 1. The van der Waals surface area contributed by atoms with E-state index in [1.165, 1.54) is 17.0 Å². The molecule has 1 aromatic heterocycles. The summed E-state index contributed by atoms with van der Waals surface area (Å²) in [7, 11) is 1.63. The summed E-state index contributed by atoms with van der Waals surface area (Å²) < 4.78 is 19.7. The first-order valence-electron chi connectivity index (χ1n) is 9.89. The van der Waals surface area contributed by atoms with E-state index >= 15 is 0 Å². The van der Waals surface area contributed by atoms with E-state index in [9.17, 15) is 4.39 Å². The van der Waals surface area contributed by atoms with Crippen LogP contribution in [0.2, 0.25) is 0 Å². The van der Waals surface area contributed by atoms with Crippen molar-refractivity contribution in [3.63, 3.8) is 0 Å². The average Bonchev–Trinajstić information content (AvgIpc) is 2.72. The Kier molecular flexibility index (Phi) is 6.30. The zero-order valence-corrected chi connectivity index (χ0v) is 16.9. The number of fused-ring (bicyclic) bond motifs is 1. The van der Waals surface area contributed by atoms with Gasteiger partial charge in [0.1, 0.15) is 11.6 Å². The molecule has 28 heavy (non-hydrogen) atoms. The maximum absolute atomic E-state index is 14.1. The average molecular weight is 381 g/mol. The van der Waals surface area contributed by atoms with E-state index in [1.54, 1.807) is 19.2 Å². The minimum atomic E-state index is -0.298. The number of para-hydroxylation sites is 1. The number of rotatable bonds is 8. The van der Waals surface area contributed by atoms with Gasteiger partial charge in [-0.2, -0.15) is 0 Å². The van der Waals surface area contributed by atoms with Gasteiger partial charge in [0.15, 0.2) is 0 Å². The van der Waals surface area contributed by atoms with Crippen LogP contribution in [0.4, 0.5) is 4.39 Å². The minimum Gasteiger partial charge on any atom is -0.496 e. The van der Waals surface area contributed by atoms with Crippen molar-refractivity contribution in [3.05, 3.63) is 71.7 Å². The zero-order valence-electron chi connectivity index (χ0n) is 16.9. The molecule has 3 rings (SSSR count). The van der Waals surface area contributed by atoms with Gasteiger partial charge in [0.25, 0.3) is 0 Å². The van der Waals surface area contributed by atoms with Crippen LogP contribution in [0.3, 0.4) is 0 Å². The molecule has 0 saturated carbocycles. The Bertz CT molecular complexity index is 938. The number of methoxy groups -OCH3 is 1. The molecule has 1 heterocycles. The summed E-state index contributed by atoms with van der Waals surface area (Å²) in [5, 5.41) is 1.17. The van der Waals surface area contributed by atoms with Gasteiger partial charge in [-0.15, -0.1) is 0 Å². The van der Waals surface area contributed by atoms with Gasteiger partial charge in [0.05, 0.1) is 12.6 Å². The van der Waals surface area contributed by atoms with Crippen LogP contribution in [-0.4, -0.2) is 18.1 Å². The second kappa shape index (κ2) is 8.70. The molecule has 0 saturated heterocycles. The number of nitrogens with zero attached hydrogens (tertiary/aromatic N) is 1. The quantitative estimate of drug-likeness (QED) is 0.569. The fourth-order valence-corrected chi connectivity index (χ4v) is 4.01. The Labute approximate surface area is 166 Å². The first kappa shape index (κ1) is 20.3. The molecule has 0 spiro atoms. The zero-order chi connectivity index (χ0) is 20.1. The van der Waals surface area contributed by atoms with Crippen molar-refractivity contribution in [3.8, 4) is 5.75 Å². The molecule has 2 atom stereocenters.